The zero-order valence-electron chi connectivity index (χ0n) is 23.2. The number of nitrogens with two attached hydrogens (primary N) is 2. The van der Waals surface area contributed by atoms with Gasteiger partial charge in [0.2, 0.25) is 23.6 Å². The summed E-state index contributed by atoms with van der Waals surface area (Å²) in [5.74, 6) is -3.04. The maximum Gasteiger partial charge on any atom is 0.408 e. The molecule has 0 aliphatic carbocycles. The molecule has 222 valence electrons. The molecule has 0 spiro atoms. The number of amides is 5. The van der Waals surface area contributed by atoms with Gasteiger partial charge in [0.15, 0.2) is 0 Å². The molecule has 13 heteroatoms. The molecule has 0 fully saturated rings. The molecule has 0 radical (unpaired) electrons. The molecule has 0 heterocycles. The van der Waals surface area contributed by atoms with E-state index in [1.54, 1.807) is 45.0 Å². The van der Waals surface area contributed by atoms with Crippen molar-refractivity contribution in [2.24, 2.45) is 11.5 Å². The average molecular weight is 572 g/mol. The van der Waals surface area contributed by atoms with Crippen molar-refractivity contribution in [2.75, 3.05) is 6.61 Å². The highest BCUT2D eigenvalue weighted by atomic mass is 16.6. The number of aliphatic hydroxyl groups excluding tert-OH is 1. The molecular weight excluding hydrogens is 534 g/mol. The molecule has 2 rings (SSSR count). The predicted octanol–water partition coefficient (Wildman–Crippen LogP) is 0.0240. The van der Waals surface area contributed by atoms with E-state index in [1.165, 1.54) is 0 Å². The molecule has 0 saturated heterocycles. The van der Waals surface area contributed by atoms with Crippen LogP contribution in [0.4, 0.5) is 4.79 Å². The van der Waals surface area contributed by atoms with Crippen LogP contribution in [0.2, 0.25) is 0 Å². The average Bonchev–Trinajstić information content (AvgIpc) is 2.89. The van der Waals surface area contributed by atoms with E-state index in [4.69, 9.17) is 20.9 Å². The molecular formula is C28H37N5O8. The SMILES string of the molecule is CC(C)(C)OC(=O)N[C@@H](CC(N)=O)C(=O)N[C@@H](CO)C(=O)N[C@@H](Cc1ccc(OCc2ccccc2)cc1)C(N)=O. The summed E-state index contributed by atoms with van der Waals surface area (Å²) in [6, 6.07) is 12.3. The molecule has 8 N–H and O–H groups in total. The lowest BCUT2D eigenvalue weighted by Gasteiger charge is -2.25. The standard InChI is InChI=1S/C28H37N5O8/c1-28(2,3)41-27(39)33-21(14-23(29)35)25(37)32-22(15-34)26(38)31-20(24(30)36)13-17-9-11-19(12-10-17)40-16-18-7-5-4-6-8-18/h4-12,20-22,34H,13-16H2,1-3H3,(H2,29,35)(H2,30,36)(H,31,38)(H,32,37)(H,33,39)/t20-,21-,22-/m0/s1. The van der Waals surface area contributed by atoms with Crippen molar-refractivity contribution < 1.29 is 38.6 Å². The summed E-state index contributed by atoms with van der Waals surface area (Å²) < 4.78 is 10.8. The second kappa shape index (κ2) is 15.2. The molecule has 0 saturated carbocycles. The summed E-state index contributed by atoms with van der Waals surface area (Å²) in [4.78, 5) is 61.2. The Labute approximate surface area is 237 Å². The van der Waals surface area contributed by atoms with Gasteiger partial charge in [-0.15, -0.1) is 0 Å². The first-order chi connectivity index (χ1) is 19.3. The quantitative estimate of drug-likeness (QED) is 0.181. The van der Waals surface area contributed by atoms with E-state index < -0.39 is 66.5 Å². The first-order valence-electron chi connectivity index (χ1n) is 12.8. The van der Waals surface area contributed by atoms with Gasteiger partial charge < -0.3 is 42.0 Å². The van der Waals surface area contributed by atoms with Crippen molar-refractivity contribution in [2.45, 2.75) is 63.9 Å². The van der Waals surface area contributed by atoms with E-state index in [0.717, 1.165) is 5.56 Å². The van der Waals surface area contributed by atoms with Gasteiger partial charge in [0.1, 0.15) is 36.1 Å². The van der Waals surface area contributed by atoms with E-state index in [-0.39, 0.29) is 6.42 Å². The van der Waals surface area contributed by atoms with E-state index >= 15 is 0 Å². The highest BCUT2D eigenvalue weighted by Gasteiger charge is 2.30. The van der Waals surface area contributed by atoms with E-state index in [1.807, 2.05) is 30.3 Å². The largest absolute Gasteiger partial charge is 0.489 e. The van der Waals surface area contributed by atoms with Crippen LogP contribution in [0.15, 0.2) is 54.6 Å². The summed E-state index contributed by atoms with van der Waals surface area (Å²) in [5.41, 5.74) is 11.4. The second-order valence-corrected chi connectivity index (χ2v) is 10.2. The highest BCUT2D eigenvalue weighted by molar-refractivity contribution is 5.95. The fourth-order valence-corrected chi connectivity index (χ4v) is 3.52. The number of alkyl carbamates (subject to hydrolysis) is 1. The molecule has 0 bridgehead atoms. The topological polar surface area (TPSA) is 212 Å². The molecule has 3 atom stereocenters. The Balaban J connectivity index is 2.00. The van der Waals surface area contributed by atoms with Crippen molar-refractivity contribution in [3.05, 3.63) is 65.7 Å². The Morgan fingerprint density at radius 3 is 1.93 bits per heavy atom. The van der Waals surface area contributed by atoms with Crippen LogP contribution in [0, 0.1) is 0 Å². The molecule has 0 aliphatic rings. The maximum atomic E-state index is 12.8. The van der Waals surface area contributed by atoms with Gasteiger partial charge in [-0.05, 0) is 44.0 Å². The molecule has 0 unspecified atom stereocenters. The number of benzene rings is 2. The zero-order chi connectivity index (χ0) is 30.6. The number of ether oxygens (including phenoxy) is 2. The van der Waals surface area contributed by atoms with Crippen molar-refractivity contribution in [1.29, 1.82) is 0 Å². The van der Waals surface area contributed by atoms with Gasteiger partial charge in [-0.25, -0.2) is 4.79 Å². The maximum absolute atomic E-state index is 12.8. The minimum Gasteiger partial charge on any atom is -0.489 e. The first kappa shape index (κ1) is 32.6. The minimum atomic E-state index is -1.53. The number of carbonyl (C=O) groups is 5. The lowest BCUT2D eigenvalue weighted by molar-refractivity contribution is -0.133. The van der Waals surface area contributed by atoms with E-state index in [9.17, 15) is 29.1 Å². The van der Waals surface area contributed by atoms with Crippen LogP contribution in [-0.2, 0) is 36.9 Å². The highest BCUT2D eigenvalue weighted by Crippen LogP contribution is 2.15. The van der Waals surface area contributed by atoms with E-state index in [2.05, 4.69) is 16.0 Å². The lowest BCUT2D eigenvalue weighted by atomic mass is 10.0. The number of carbonyl (C=O) groups excluding carboxylic acids is 5. The number of primary amides is 2. The summed E-state index contributed by atoms with van der Waals surface area (Å²) >= 11 is 0. The Bertz CT molecular complexity index is 1200. The van der Waals surface area contributed by atoms with Crippen molar-refractivity contribution in [1.82, 2.24) is 16.0 Å². The number of hydrogen-bond donors (Lipinski definition) is 6. The monoisotopic (exact) mass is 571 g/mol. The van der Waals surface area contributed by atoms with Gasteiger partial charge in [0.05, 0.1) is 13.0 Å². The van der Waals surface area contributed by atoms with Gasteiger partial charge >= 0.3 is 6.09 Å². The number of rotatable bonds is 14. The molecule has 13 nitrogen and oxygen atoms in total. The molecule has 0 aromatic heterocycles. The molecule has 2 aromatic rings. The summed E-state index contributed by atoms with van der Waals surface area (Å²) in [6.45, 7) is 4.33. The number of hydrogen-bond acceptors (Lipinski definition) is 8. The number of aliphatic hydroxyl groups is 1. The van der Waals surface area contributed by atoms with Gasteiger partial charge in [0, 0.05) is 6.42 Å². The van der Waals surface area contributed by atoms with Gasteiger partial charge in [-0.1, -0.05) is 42.5 Å². The van der Waals surface area contributed by atoms with Crippen LogP contribution < -0.4 is 32.2 Å². The van der Waals surface area contributed by atoms with Crippen molar-refractivity contribution in [3.63, 3.8) is 0 Å². The summed E-state index contributed by atoms with van der Waals surface area (Å²) in [7, 11) is 0. The zero-order valence-corrected chi connectivity index (χ0v) is 23.2. The number of nitrogens with one attached hydrogen (secondary N) is 3. The van der Waals surface area contributed by atoms with Crippen LogP contribution in [0.3, 0.4) is 0 Å². The van der Waals surface area contributed by atoms with Crippen LogP contribution in [0.25, 0.3) is 0 Å². The Hall–Kier alpha value is -4.65. The normalized spacial score (nSPS) is 13.2. The molecule has 0 aliphatic heterocycles. The van der Waals surface area contributed by atoms with Gasteiger partial charge in [0.25, 0.3) is 0 Å². The van der Waals surface area contributed by atoms with Gasteiger partial charge in [-0.2, -0.15) is 0 Å². The lowest BCUT2D eigenvalue weighted by Crippen LogP contribution is -2.58. The van der Waals surface area contributed by atoms with Crippen molar-refractivity contribution >= 4 is 29.7 Å². The Morgan fingerprint density at radius 1 is 0.805 bits per heavy atom. The molecule has 41 heavy (non-hydrogen) atoms. The van der Waals surface area contributed by atoms with Crippen molar-refractivity contribution in [3.8, 4) is 5.75 Å². The third-order valence-corrected chi connectivity index (χ3v) is 5.50. The summed E-state index contributed by atoms with van der Waals surface area (Å²) in [6.07, 6.45) is -1.56. The Morgan fingerprint density at radius 2 is 1.39 bits per heavy atom. The smallest absolute Gasteiger partial charge is 0.408 e. The summed E-state index contributed by atoms with van der Waals surface area (Å²) in [5, 5.41) is 16.6. The third-order valence-electron chi connectivity index (χ3n) is 5.50. The fourth-order valence-electron chi connectivity index (χ4n) is 3.52. The predicted molar refractivity (Wildman–Crippen MR) is 148 cm³/mol. The van der Waals surface area contributed by atoms with Crippen LogP contribution >= 0.6 is 0 Å². The van der Waals surface area contributed by atoms with Crippen LogP contribution in [0.5, 0.6) is 5.75 Å². The first-order valence-corrected chi connectivity index (χ1v) is 12.8. The minimum absolute atomic E-state index is 0.0244. The fraction of sp³-hybridized carbons (Fsp3) is 0.393. The van der Waals surface area contributed by atoms with Crippen LogP contribution in [-0.4, -0.2) is 65.2 Å². The Kier molecular flexibility index (Phi) is 12.1. The van der Waals surface area contributed by atoms with E-state index in [0.29, 0.717) is 17.9 Å². The van der Waals surface area contributed by atoms with Gasteiger partial charge in [-0.3, -0.25) is 19.2 Å². The second-order valence-electron chi connectivity index (χ2n) is 10.2. The van der Waals surface area contributed by atoms with Crippen LogP contribution in [0.1, 0.15) is 38.3 Å². The molecule has 2 aromatic carbocycles. The molecule has 5 amide bonds. The third kappa shape index (κ3) is 12.0.